The van der Waals surface area contributed by atoms with Gasteiger partial charge in [0.2, 0.25) is 0 Å². The molecule has 1 aliphatic heterocycles. The second-order valence-corrected chi connectivity index (χ2v) is 4.80. The van der Waals surface area contributed by atoms with Gasteiger partial charge in [0, 0.05) is 17.3 Å². The molecule has 0 spiro atoms. The number of nitrogens with one attached hydrogen (secondary N) is 1. The Morgan fingerprint density at radius 1 is 1.25 bits per heavy atom. The summed E-state index contributed by atoms with van der Waals surface area (Å²) in [6.45, 7) is 1.22. The normalized spacial score (nSPS) is 22.7. The number of rotatable bonds is 1. The average molecular weight is 214 g/mol. The predicted octanol–water partition coefficient (Wildman–Crippen LogP) is 3.32. The molecule has 0 bridgehead atoms. The summed E-state index contributed by atoms with van der Waals surface area (Å²) in [6.07, 6.45) is 3.97. The summed E-state index contributed by atoms with van der Waals surface area (Å²) in [5.74, 6) is 0. The van der Waals surface area contributed by atoms with Crippen LogP contribution < -0.4 is 0 Å². The summed E-state index contributed by atoms with van der Waals surface area (Å²) in [5, 5.41) is 1.33. The van der Waals surface area contributed by atoms with Crippen LogP contribution >= 0.6 is 0 Å². The van der Waals surface area contributed by atoms with Gasteiger partial charge in [0.25, 0.3) is 0 Å². The predicted molar refractivity (Wildman–Crippen MR) is 67.5 cm³/mol. The van der Waals surface area contributed by atoms with E-state index in [-0.39, 0.29) is 0 Å². The lowest BCUT2D eigenvalue weighted by Crippen LogP contribution is -2.29. The smallest absolute Gasteiger partial charge is 0.0495 e. The molecule has 1 atom stereocenters. The SMILES string of the molecule is CN1CCCCC1c1cc2ccccc2[nH]1. The number of hydrogen-bond acceptors (Lipinski definition) is 1. The van der Waals surface area contributed by atoms with Crippen LogP contribution in [0.2, 0.25) is 0 Å². The van der Waals surface area contributed by atoms with E-state index < -0.39 is 0 Å². The van der Waals surface area contributed by atoms with Crippen molar-refractivity contribution in [3.63, 3.8) is 0 Å². The van der Waals surface area contributed by atoms with Gasteiger partial charge in [-0.2, -0.15) is 0 Å². The number of para-hydroxylation sites is 1. The van der Waals surface area contributed by atoms with Gasteiger partial charge in [0.05, 0.1) is 0 Å². The van der Waals surface area contributed by atoms with Crippen molar-refractivity contribution in [2.24, 2.45) is 0 Å². The minimum absolute atomic E-state index is 0.584. The average Bonchev–Trinajstić information content (AvgIpc) is 2.73. The summed E-state index contributed by atoms with van der Waals surface area (Å²) in [6, 6.07) is 11.4. The maximum Gasteiger partial charge on any atom is 0.0495 e. The Morgan fingerprint density at radius 3 is 2.94 bits per heavy atom. The Bertz CT molecular complexity index is 453. The summed E-state index contributed by atoms with van der Waals surface area (Å²) < 4.78 is 0. The molecule has 84 valence electrons. The molecule has 2 nitrogen and oxygen atoms in total. The Labute approximate surface area is 96.3 Å². The number of fused-ring (bicyclic) bond motifs is 1. The monoisotopic (exact) mass is 214 g/mol. The van der Waals surface area contributed by atoms with Crippen LogP contribution in [0.5, 0.6) is 0 Å². The molecule has 1 N–H and O–H groups in total. The first-order valence-corrected chi connectivity index (χ1v) is 6.12. The molecule has 1 saturated heterocycles. The molecule has 2 heteroatoms. The Kier molecular flexibility index (Phi) is 2.44. The molecule has 0 aliphatic carbocycles. The molecular weight excluding hydrogens is 196 g/mol. The third kappa shape index (κ3) is 1.63. The Balaban J connectivity index is 1.98. The van der Waals surface area contributed by atoms with Crippen molar-refractivity contribution in [1.29, 1.82) is 0 Å². The highest BCUT2D eigenvalue weighted by Gasteiger charge is 2.21. The lowest BCUT2D eigenvalue weighted by Gasteiger charge is -2.31. The van der Waals surface area contributed by atoms with E-state index in [4.69, 9.17) is 0 Å². The van der Waals surface area contributed by atoms with Crippen LogP contribution in [0.25, 0.3) is 10.9 Å². The zero-order chi connectivity index (χ0) is 11.0. The molecule has 0 amide bonds. The maximum atomic E-state index is 3.55. The van der Waals surface area contributed by atoms with Crippen molar-refractivity contribution in [1.82, 2.24) is 9.88 Å². The van der Waals surface area contributed by atoms with Gasteiger partial charge in [0.1, 0.15) is 0 Å². The standard InChI is InChI=1S/C14H18N2/c1-16-9-5-4-8-14(16)13-10-11-6-2-3-7-12(11)15-13/h2-3,6-7,10,14-15H,4-5,8-9H2,1H3. The quantitative estimate of drug-likeness (QED) is 0.771. The first kappa shape index (κ1) is 9.91. The number of benzene rings is 1. The fraction of sp³-hybridized carbons (Fsp3) is 0.429. The van der Waals surface area contributed by atoms with Crippen LogP contribution in [-0.2, 0) is 0 Å². The second-order valence-electron chi connectivity index (χ2n) is 4.80. The second kappa shape index (κ2) is 3.95. The van der Waals surface area contributed by atoms with Crippen LogP contribution in [0.15, 0.2) is 30.3 Å². The first-order chi connectivity index (χ1) is 7.84. The van der Waals surface area contributed by atoms with Crippen LogP contribution in [0.1, 0.15) is 31.0 Å². The van der Waals surface area contributed by atoms with Crippen molar-refractivity contribution in [2.45, 2.75) is 25.3 Å². The fourth-order valence-corrected chi connectivity index (χ4v) is 2.74. The molecule has 0 radical (unpaired) electrons. The molecular formula is C14H18N2. The van der Waals surface area contributed by atoms with E-state index >= 15 is 0 Å². The van der Waals surface area contributed by atoms with Gasteiger partial charge in [0.15, 0.2) is 0 Å². The van der Waals surface area contributed by atoms with Gasteiger partial charge in [-0.1, -0.05) is 24.6 Å². The van der Waals surface area contributed by atoms with Crippen LogP contribution in [-0.4, -0.2) is 23.5 Å². The number of aromatic nitrogens is 1. The summed E-state index contributed by atoms with van der Waals surface area (Å²) in [4.78, 5) is 6.02. The number of hydrogen-bond donors (Lipinski definition) is 1. The fourth-order valence-electron chi connectivity index (χ4n) is 2.74. The lowest BCUT2D eigenvalue weighted by atomic mass is 10.0. The molecule has 2 heterocycles. The Morgan fingerprint density at radius 2 is 2.12 bits per heavy atom. The van der Waals surface area contributed by atoms with Crippen molar-refractivity contribution < 1.29 is 0 Å². The van der Waals surface area contributed by atoms with Gasteiger partial charge in [-0.25, -0.2) is 0 Å². The lowest BCUT2D eigenvalue weighted by molar-refractivity contribution is 0.184. The molecule has 1 aromatic carbocycles. The van der Waals surface area contributed by atoms with Crippen LogP contribution in [0.3, 0.4) is 0 Å². The van der Waals surface area contributed by atoms with E-state index in [0.29, 0.717) is 6.04 Å². The van der Waals surface area contributed by atoms with E-state index in [1.165, 1.54) is 42.4 Å². The Hall–Kier alpha value is -1.28. The van der Waals surface area contributed by atoms with Gasteiger partial charge < -0.3 is 4.98 Å². The molecule has 2 aromatic rings. The van der Waals surface area contributed by atoms with E-state index in [0.717, 1.165) is 0 Å². The first-order valence-electron chi connectivity index (χ1n) is 6.12. The maximum absolute atomic E-state index is 3.55. The zero-order valence-electron chi connectivity index (χ0n) is 9.74. The van der Waals surface area contributed by atoms with E-state index in [9.17, 15) is 0 Å². The molecule has 1 aromatic heterocycles. The number of likely N-dealkylation sites (tertiary alicyclic amines) is 1. The van der Waals surface area contributed by atoms with E-state index in [2.05, 4.69) is 47.3 Å². The zero-order valence-corrected chi connectivity index (χ0v) is 9.74. The molecule has 16 heavy (non-hydrogen) atoms. The number of piperidine rings is 1. The minimum Gasteiger partial charge on any atom is -0.357 e. The van der Waals surface area contributed by atoms with Crippen molar-refractivity contribution in [3.05, 3.63) is 36.0 Å². The number of nitrogens with zero attached hydrogens (tertiary/aromatic N) is 1. The third-order valence-corrected chi connectivity index (χ3v) is 3.68. The molecule has 0 saturated carbocycles. The van der Waals surface area contributed by atoms with Gasteiger partial charge in [-0.15, -0.1) is 0 Å². The van der Waals surface area contributed by atoms with E-state index in [1.54, 1.807) is 0 Å². The molecule has 3 rings (SSSR count). The number of aromatic amines is 1. The summed E-state index contributed by atoms with van der Waals surface area (Å²) in [7, 11) is 2.23. The highest BCUT2D eigenvalue weighted by molar-refractivity contribution is 5.80. The number of H-pyrrole nitrogens is 1. The van der Waals surface area contributed by atoms with Crippen LogP contribution in [0.4, 0.5) is 0 Å². The van der Waals surface area contributed by atoms with Crippen molar-refractivity contribution in [2.75, 3.05) is 13.6 Å². The topological polar surface area (TPSA) is 19.0 Å². The van der Waals surface area contributed by atoms with E-state index in [1.807, 2.05) is 0 Å². The highest BCUT2D eigenvalue weighted by Crippen LogP contribution is 2.30. The summed E-state index contributed by atoms with van der Waals surface area (Å²) in [5.41, 5.74) is 2.64. The van der Waals surface area contributed by atoms with Gasteiger partial charge in [-0.05, 0) is 44.0 Å². The highest BCUT2D eigenvalue weighted by atomic mass is 15.1. The third-order valence-electron chi connectivity index (χ3n) is 3.68. The molecule has 1 unspecified atom stereocenters. The minimum atomic E-state index is 0.584. The van der Waals surface area contributed by atoms with Gasteiger partial charge in [-0.3, -0.25) is 4.90 Å². The van der Waals surface area contributed by atoms with Crippen LogP contribution in [0, 0.1) is 0 Å². The van der Waals surface area contributed by atoms with Crippen molar-refractivity contribution >= 4 is 10.9 Å². The largest absolute Gasteiger partial charge is 0.357 e. The molecule has 1 fully saturated rings. The van der Waals surface area contributed by atoms with Crippen molar-refractivity contribution in [3.8, 4) is 0 Å². The van der Waals surface area contributed by atoms with Gasteiger partial charge >= 0.3 is 0 Å². The molecule has 1 aliphatic rings. The summed E-state index contributed by atoms with van der Waals surface area (Å²) >= 11 is 0.